The molecule has 1 unspecified atom stereocenters. The summed E-state index contributed by atoms with van der Waals surface area (Å²) in [4.78, 5) is 12.4. The largest absolute Gasteiger partial charge is 0.379 e. The van der Waals surface area contributed by atoms with Gasteiger partial charge in [0.05, 0.1) is 12.6 Å². The average Bonchev–Trinajstić information content (AvgIpc) is 2.93. The van der Waals surface area contributed by atoms with E-state index in [1.807, 2.05) is 0 Å². The maximum absolute atomic E-state index is 5.91. The molecule has 7 nitrogen and oxygen atoms in total. The fraction of sp³-hybridized carbons (Fsp3) is 0.455. The predicted octanol–water partition coefficient (Wildman–Crippen LogP) is 1.30. The smallest absolute Gasteiger partial charge is 0.256 e. The molecule has 3 heterocycles. The quantitative estimate of drug-likeness (QED) is 0.913. The van der Waals surface area contributed by atoms with Gasteiger partial charge in [0.1, 0.15) is 0 Å². The Morgan fingerprint density at radius 3 is 3.05 bits per heavy atom. The lowest BCUT2D eigenvalue weighted by atomic mass is 10.1. The third-order valence-electron chi connectivity index (χ3n) is 2.80. The van der Waals surface area contributed by atoms with E-state index in [4.69, 9.17) is 16.3 Å². The number of ether oxygens (including phenoxy) is 1. The molecule has 0 bridgehead atoms. The molecule has 2 aromatic heterocycles. The number of nitrogens with zero attached hydrogens (tertiary/aromatic N) is 5. The molecule has 8 heteroatoms. The van der Waals surface area contributed by atoms with Crippen LogP contribution in [0.1, 0.15) is 12.8 Å². The van der Waals surface area contributed by atoms with Crippen molar-refractivity contribution in [1.82, 2.24) is 24.7 Å². The van der Waals surface area contributed by atoms with Crippen LogP contribution in [-0.4, -0.2) is 44.0 Å². The van der Waals surface area contributed by atoms with Gasteiger partial charge in [-0.3, -0.25) is 0 Å². The van der Waals surface area contributed by atoms with Crippen LogP contribution in [0, 0.1) is 0 Å². The number of hydrogen-bond donors (Lipinski definition) is 1. The van der Waals surface area contributed by atoms with Gasteiger partial charge < -0.3 is 10.1 Å². The Kier molecular flexibility index (Phi) is 3.56. The van der Waals surface area contributed by atoms with Gasteiger partial charge >= 0.3 is 0 Å². The van der Waals surface area contributed by atoms with Gasteiger partial charge in [0.15, 0.2) is 0 Å². The first-order valence-corrected chi connectivity index (χ1v) is 6.45. The van der Waals surface area contributed by atoms with Crippen LogP contribution >= 0.6 is 11.6 Å². The third-order valence-corrected chi connectivity index (χ3v) is 2.97. The standard InChI is InChI=1S/C11H13ClN6O/c12-9-15-10(14-8-3-1-6-19-7-8)17-11(16-9)18-5-2-4-13-18/h2,4-5,8H,1,3,6-7H2,(H,14,15,16,17). The van der Waals surface area contributed by atoms with Crippen molar-refractivity contribution in [2.45, 2.75) is 18.9 Å². The molecule has 0 spiro atoms. The zero-order valence-electron chi connectivity index (χ0n) is 10.2. The van der Waals surface area contributed by atoms with Crippen molar-refractivity contribution in [1.29, 1.82) is 0 Å². The Hall–Kier alpha value is -1.73. The summed E-state index contributed by atoms with van der Waals surface area (Å²) < 4.78 is 6.94. The van der Waals surface area contributed by atoms with E-state index in [1.54, 1.807) is 18.5 Å². The minimum absolute atomic E-state index is 0.139. The van der Waals surface area contributed by atoms with Crippen LogP contribution in [0.2, 0.25) is 5.28 Å². The summed E-state index contributed by atoms with van der Waals surface area (Å²) >= 11 is 5.91. The Morgan fingerprint density at radius 2 is 2.32 bits per heavy atom. The minimum Gasteiger partial charge on any atom is -0.379 e. The average molecular weight is 281 g/mol. The fourth-order valence-electron chi connectivity index (χ4n) is 1.93. The zero-order chi connectivity index (χ0) is 13.1. The van der Waals surface area contributed by atoms with E-state index in [-0.39, 0.29) is 11.3 Å². The molecule has 1 aliphatic heterocycles. The van der Waals surface area contributed by atoms with Gasteiger partial charge in [-0.05, 0) is 30.5 Å². The molecule has 1 saturated heterocycles. The fourth-order valence-corrected chi connectivity index (χ4v) is 2.09. The summed E-state index contributed by atoms with van der Waals surface area (Å²) in [5, 5.41) is 7.42. The van der Waals surface area contributed by atoms with Crippen molar-refractivity contribution in [2.24, 2.45) is 0 Å². The van der Waals surface area contributed by atoms with E-state index in [2.05, 4.69) is 25.4 Å². The van der Waals surface area contributed by atoms with Gasteiger partial charge in [0.2, 0.25) is 11.2 Å². The molecule has 0 aromatic carbocycles. The number of nitrogens with one attached hydrogen (secondary N) is 1. The molecule has 1 N–H and O–H groups in total. The van der Waals surface area contributed by atoms with Crippen LogP contribution in [0.3, 0.4) is 0 Å². The van der Waals surface area contributed by atoms with Crippen LogP contribution < -0.4 is 5.32 Å². The second-order valence-electron chi connectivity index (χ2n) is 4.24. The lowest BCUT2D eigenvalue weighted by Gasteiger charge is -2.23. The molecule has 100 valence electrons. The van der Waals surface area contributed by atoms with Crippen molar-refractivity contribution >= 4 is 17.5 Å². The molecule has 1 atom stereocenters. The predicted molar refractivity (Wildman–Crippen MR) is 69.4 cm³/mol. The monoisotopic (exact) mass is 280 g/mol. The molecule has 3 rings (SSSR count). The van der Waals surface area contributed by atoms with Crippen LogP contribution in [0.5, 0.6) is 0 Å². The first kappa shape index (κ1) is 12.3. The van der Waals surface area contributed by atoms with E-state index in [9.17, 15) is 0 Å². The van der Waals surface area contributed by atoms with Gasteiger partial charge in [0.25, 0.3) is 5.95 Å². The highest BCUT2D eigenvalue weighted by atomic mass is 35.5. The highest BCUT2D eigenvalue weighted by Gasteiger charge is 2.16. The minimum atomic E-state index is 0.139. The molecular formula is C11H13ClN6O. The molecule has 0 aliphatic carbocycles. The number of rotatable bonds is 3. The van der Waals surface area contributed by atoms with Gasteiger partial charge in [-0.25, -0.2) is 4.68 Å². The second-order valence-corrected chi connectivity index (χ2v) is 4.58. The third kappa shape index (κ3) is 2.99. The number of halogens is 1. The molecule has 0 amide bonds. The molecule has 19 heavy (non-hydrogen) atoms. The van der Waals surface area contributed by atoms with Gasteiger partial charge in [0, 0.05) is 19.0 Å². The topological polar surface area (TPSA) is 77.8 Å². The Bertz CT molecular complexity index is 540. The summed E-state index contributed by atoms with van der Waals surface area (Å²) in [7, 11) is 0. The maximum Gasteiger partial charge on any atom is 0.256 e. The maximum atomic E-state index is 5.91. The van der Waals surface area contributed by atoms with Crippen LogP contribution in [0.15, 0.2) is 18.5 Å². The molecule has 1 fully saturated rings. The number of hydrogen-bond acceptors (Lipinski definition) is 6. The van der Waals surface area contributed by atoms with Crippen molar-refractivity contribution in [2.75, 3.05) is 18.5 Å². The molecular weight excluding hydrogens is 268 g/mol. The van der Waals surface area contributed by atoms with E-state index in [0.29, 0.717) is 18.5 Å². The van der Waals surface area contributed by atoms with Gasteiger partial charge in [-0.1, -0.05) is 0 Å². The Labute approximate surface area is 115 Å². The summed E-state index contributed by atoms with van der Waals surface area (Å²) in [5.74, 6) is 0.838. The number of aromatic nitrogens is 5. The lowest BCUT2D eigenvalue weighted by molar-refractivity contribution is 0.0874. The van der Waals surface area contributed by atoms with Crippen LogP contribution in [0.25, 0.3) is 5.95 Å². The molecule has 0 saturated carbocycles. The van der Waals surface area contributed by atoms with Crippen molar-refractivity contribution in [3.8, 4) is 5.95 Å². The highest BCUT2D eigenvalue weighted by Crippen LogP contribution is 2.13. The number of anilines is 1. The first-order valence-electron chi connectivity index (χ1n) is 6.07. The summed E-state index contributed by atoms with van der Waals surface area (Å²) in [6.07, 6.45) is 5.46. The summed E-state index contributed by atoms with van der Waals surface area (Å²) in [6.45, 7) is 1.47. The Morgan fingerprint density at radius 1 is 1.37 bits per heavy atom. The summed E-state index contributed by atoms with van der Waals surface area (Å²) in [6, 6.07) is 2.00. The first-order chi connectivity index (χ1) is 9.31. The van der Waals surface area contributed by atoms with E-state index in [1.165, 1.54) is 4.68 Å². The van der Waals surface area contributed by atoms with E-state index >= 15 is 0 Å². The van der Waals surface area contributed by atoms with Crippen molar-refractivity contribution in [3.63, 3.8) is 0 Å². The highest BCUT2D eigenvalue weighted by molar-refractivity contribution is 6.28. The van der Waals surface area contributed by atoms with E-state index < -0.39 is 0 Å². The molecule has 1 aliphatic rings. The molecule has 2 aromatic rings. The SMILES string of the molecule is Clc1nc(NC2CCCOC2)nc(-n2cccn2)n1. The van der Waals surface area contributed by atoms with Gasteiger partial charge in [-0.2, -0.15) is 20.1 Å². The molecule has 0 radical (unpaired) electrons. The lowest BCUT2D eigenvalue weighted by Crippen LogP contribution is -2.31. The van der Waals surface area contributed by atoms with Crippen LogP contribution in [-0.2, 0) is 4.74 Å². The van der Waals surface area contributed by atoms with Crippen molar-refractivity contribution in [3.05, 3.63) is 23.7 Å². The zero-order valence-corrected chi connectivity index (χ0v) is 10.9. The Balaban J connectivity index is 1.81. The second kappa shape index (κ2) is 5.50. The van der Waals surface area contributed by atoms with Crippen LogP contribution in [0.4, 0.5) is 5.95 Å². The van der Waals surface area contributed by atoms with Gasteiger partial charge in [-0.15, -0.1) is 0 Å². The van der Waals surface area contributed by atoms with Crippen molar-refractivity contribution < 1.29 is 4.74 Å². The van der Waals surface area contributed by atoms with E-state index in [0.717, 1.165) is 19.4 Å². The normalized spacial score (nSPS) is 19.3. The summed E-state index contributed by atoms with van der Waals surface area (Å²) in [5.41, 5.74) is 0.